The Morgan fingerprint density at radius 3 is 2.53 bits per heavy atom. The second-order valence-electron chi connectivity index (χ2n) is 7.51. The molecule has 7 nitrogen and oxygen atoms in total. The van der Waals surface area contributed by atoms with Gasteiger partial charge in [-0.25, -0.2) is 4.79 Å². The van der Waals surface area contributed by atoms with Crippen molar-refractivity contribution in [1.82, 2.24) is 0 Å². The van der Waals surface area contributed by atoms with E-state index >= 15 is 0 Å². The van der Waals surface area contributed by atoms with Crippen LogP contribution in [0.4, 0.5) is 8.78 Å². The van der Waals surface area contributed by atoms with Crippen molar-refractivity contribution in [3.63, 3.8) is 0 Å². The summed E-state index contributed by atoms with van der Waals surface area (Å²) in [5.41, 5.74) is 1.19. The number of carbonyl (C=O) groups excluding carboxylic acids is 3. The van der Waals surface area contributed by atoms with Crippen LogP contribution in [0, 0.1) is 0 Å². The van der Waals surface area contributed by atoms with Gasteiger partial charge in [0.15, 0.2) is 0 Å². The lowest BCUT2D eigenvalue weighted by Crippen LogP contribution is -2.38. The summed E-state index contributed by atoms with van der Waals surface area (Å²) in [5, 5.41) is 10.2. The molecule has 0 saturated heterocycles. The number of benzene rings is 2. The van der Waals surface area contributed by atoms with Crippen LogP contribution in [-0.2, 0) is 31.9 Å². The van der Waals surface area contributed by atoms with E-state index in [-0.39, 0.29) is 24.2 Å². The standard InChI is InChI=1S/C22H21BF2O7/c1-22(24,25)18(26)12-16-11-15-8-5-9-17(20(15)32-23(16)29)21(28)31-13-30-19(27)10-14-6-3-2-4-7-14/h2-9,16,29H,10-13H2,1H3/t16-/m1/s1. The van der Waals surface area contributed by atoms with Crippen LogP contribution in [0.15, 0.2) is 48.5 Å². The summed E-state index contributed by atoms with van der Waals surface area (Å²) < 4.78 is 41.6. The van der Waals surface area contributed by atoms with Crippen LogP contribution >= 0.6 is 0 Å². The van der Waals surface area contributed by atoms with Crippen molar-refractivity contribution in [3.05, 3.63) is 65.2 Å². The second kappa shape index (κ2) is 9.91. The predicted molar refractivity (Wildman–Crippen MR) is 109 cm³/mol. The first-order valence-electron chi connectivity index (χ1n) is 9.89. The molecule has 0 aromatic heterocycles. The van der Waals surface area contributed by atoms with E-state index in [9.17, 15) is 28.2 Å². The zero-order valence-electron chi connectivity index (χ0n) is 17.3. The summed E-state index contributed by atoms with van der Waals surface area (Å²) in [6.07, 6.45) is -0.493. The van der Waals surface area contributed by atoms with Crippen molar-refractivity contribution < 1.29 is 42.3 Å². The SMILES string of the molecule is CC(F)(F)C(=O)C[C@H]1Cc2cccc(C(=O)OCOC(=O)Cc3ccccc3)c2OB1O. The molecule has 3 rings (SSSR count). The number of ether oxygens (including phenoxy) is 2. The van der Waals surface area contributed by atoms with Crippen molar-refractivity contribution in [2.24, 2.45) is 0 Å². The van der Waals surface area contributed by atoms with Gasteiger partial charge in [0, 0.05) is 19.2 Å². The number of esters is 2. The van der Waals surface area contributed by atoms with E-state index < -0.39 is 49.8 Å². The maximum atomic E-state index is 13.2. The van der Waals surface area contributed by atoms with Crippen LogP contribution in [0.3, 0.4) is 0 Å². The molecule has 1 N–H and O–H groups in total. The number of para-hydroxylation sites is 1. The minimum atomic E-state index is -3.51. The van der Waals surface area contributed by atoms with E-state index in [4.69, 9.17) is 14.1 Å². The number of halogens is 2. The summed E-state index contributed by atoms with van der Waals surface area (Å²) >= 11 is 0. The Balaban J connectivity index is 1.59. The Morgan fingerprint density at radius 2 is 1.84 bits per heavy atom. The number of ketones is 1. The second-order valence-corrected chi connectivity index (χ2v) is 7.51. The molecule has 0 spiro atoms. The number of hydrogen-bond acceptors (Lipinski definition) is 7. The summed E-state index contributed by atoms with van der Waals surface area (Å²) in [7, 11) is -1.55. The normalized spacial score (nSPS) is 15.4. The van der Waals surface area contributed by atoms with Crippen LogP contribution in [-0.4, -0.2) is 42.6 Å². The number of hydrogen-bond donors (Lipinski definition) is 1. The zero-order valence-corrected chi connectivity index (χ0v) is 17.3. The molecule has 2 aromatic rings. The Bertz CT molecular complexity index is 992. The molecule has 0 bridgehead atoms. The topological polar surface area (TPSA) is 99.1 Å². The average molecular weight is 446 g/mol. The lowest BCUT2D eigenvalue weighted by molar-refractivity contribution is -0.151. The molecule has 0 unspecified atom stereocenters. The van der Waals surface area contributed by atoms with Gasteiger partial charge in [0.2, 0.25) is 12.6 Å². The molecule has 10 heteroatoms. The Kier molecular flexibility index (Phi) is 7.24. The minimum Gasteiger partial charge on any atom is -0.535 e. The Hall–Kier alpha value is -3.27. The molecular formula is C22H21BF2O7. The van der Waals surface area contributed by atoms with Gasteiger partial charge >= 0.3 is 25.0 Å². The van der Waals surface area contributed by atoms with E-state index in [1.165, 1.54) is 12.1 Å². The van der Waals surface area contributed by atoms with Crippen molar-refractivity contribution >= 4 is 24.8 Å². The smallest absolute Gasteiger partial charge is 0.526 e. The third-order valence-electron chi connectivity index (χ3n) is 4.98. The highest BCUT2D eigenvalue weighted by atomic mass is 19.3. The summed E-state index contributed by atoms with van der Waals surface area (Å²) in [4.78, 5) is 35.9. The molecular weight excluding hydrogens is 425 g/mol. The van der Waals surface area contributed by atoms with E-state index in [0.717, 1.165) is 5.56 Å². The van der Waals surface area contributed by atoms with Gasteiger partial charge < -0.3 is 19.2 Å². The summed E-state index contributed by atoms with van der Waals surface area (Å²) in [6, 6.07) is 13.4. The molecule has 1 aliphatic heterocycles. The number of alkyl halides is 2. The molecule has 168 valence electrons. The molecule has 0 aliphatic carbocycles. The van der Waals surface area contributed by atoms with Gasteiger partial charge in [0.1, 0.15) is 11.3 Å². The van der Waals surface area contributed by atoms with E-state index in [1.807, 2.05) is 6.07 Å². The van der Waals surface area contributed by atoms with Crippen LogP contribution in [0.1, 0.15) is 34.8 Å². The molecule has 0 amide bonds. The largest absolute Gasteiger partial charge is 0.535 e. The lowest BCUT2D eigenvalue weighted by Gasteiger charge is -2.28. The third kappa shape index (κ3) is 5.91. The summed E-state index contributed by atoms with van der Waals surface area (Å²) in [6.45, 7) is -0.112. The monoisotopic (exact) mass is 446 g/mol. The van der Waals surface area contributed by atoms with Gasteiger partial charge in [-0.2, -0.15) is 8.78 Å². The molecule has 0 radical (unpaired) electrons. The summed E-state index contributed by atoms with van der Waals surface area (Å²) in [5.74, 6) is -7.09. The molecule has 32 heavy (non-hydrogen) atoms. The van der Waals surface area contributed by atoms with Crippen LogP contribution in [0.2, 0.25) is 5.82 Å². The van der Waals surface area contributed by atoms with E-state index in [1.54, 1.807) is 30.3 Å². The van der Waals surface area contributed by atoms with Gasteiger partial charge in [-0.15, -0.1) is 0 Å². The number of Topliss-reactive ketones (excluding diaryl/α,β-unsaturated/α-hetero) is 1. The number of fused-ring (bicyclic) bond motifs is 1. The fraction of sp³-hybridized carbons (Fsp3) is 0.318. The van der Waals surface area contributed by atoms with Crippen molar-refractivity contribution in [3.8, 4) is 5.75 Å². The highest BCUT2D eigenvalue weighted by molar-refractivity contribution is 6.47. The molecule has 0 saturated carbocycles. The van der Waals surface area contributed by atoms with Gasteiger partial charge in [0.05, 0.1) is 6.42 Å². The highest BCUT2D eigenvalue weighted by Gasteiger charge is 2.42. The molecule has 1 aliphatic rings. The first-order chi connectivity index (χ1) is 15.1. The number of rotatable bonds is 8. The fourth-order valence-electron chi connectivity index (χ4n) is 3.28. The van der Waals surface area contributed by atoms with Crippen LogP contribution < -0.4 is 4.65 Å². The van der Waals surface area contributed by atoms with E-state index in [0.29, 0.717) is 12.5 Å². The van der Waals surface area contributed by atoms with Crippen molar-refractivity contribution in [1.29, 1.82) is 0 Å². The van der Waals surface area contributed by atoms with Crippen molar-refractivity contribution in [2.45, 2.75) is 37.9 Å². The van der Waals surface area contributed by atoms with Gasteiger partial charge in [0.25, 0.3) is 0 Å². The average Bonchev–Trinajstić information content (AvgIpc) is 2.73. The first-order valence-corrected chi connectivity index (χ1v) is 9.89. The van der Waals surface area contributed by atoms with Gasteiger partial charge in [-0.1, -0.05) is 42.5 Å². The van der Waals surface area contributed by atoms with Crippen LogP contribution in [0.25, 0.3) is 0 Å². The van der Waals surface area contributed by atoms with Crippen LogP contribution in [0.5, 0.6) is 5.75 Å². The van der Waals surface area contributed by atoms with E-state index in [2.05, 4.69) is 0 Å². The third-order valence-corrected chi connectivity index (χ3v) is 4.98. The maximum absolute atomic E-state index is 13.2. The maximum Gasteiger partial charge on any atom is 0.526 e. The molecule has 1 heterocycles. The lowest BCUT2D eigenvalue weighted by atomic mass is 9.64. The molecule has 0 fully saturated rings. The Labute approximate surface area is 183 Å². The quantitative estimate of drug-likeness (QED) is 0.378. The molecule has 2 aromatic carbocycles. The van der Waals surface area contributed by atoms with Crippen molar-refractivity contribution in [2.75, 3.05) is 6.79 Å². The zero-order chi connectivity index (χ0) is 23.3. The number of carbonyl (C=O) groups is 3. The molecule has 1 atom stereocenters. The predicted octanol–water partition coefficient (Wildman–Crippen LogP) is 2.99. The highest BCUT2D eigenvalue weighted by Crippen LogP contribution is 2.37. The Morgan fingerprint density at radius 1 is 1.12 bits per heavy atom. The fourth-order valence-corrected chi connectivity index (χ4v) is 3.28. The van der Waals surface area contributed by atoms with Gasteiger partial charge in [-0.05, 0) is 23.6 Å². The minimum absolute atomic E-state index is 0.0192. The first kappa shape index (κ1) is 23.4. The van der Waals surface area contributed by atoms with Gasteiger partial charge in [-0.3, -0.25) is 9.59 Å².